The van der Waals surface area contributed by atoms with Crippen molar-refractivity contribution in [3.8, 4) is 0 Å². The molecule has 0 bridgehead atoms. The highest BCUT2D eigenvalue weighted by Gasteiger charge is 2.27. The normalized spacial score (nSPS) is 14.4. The van der Waals surface area contributed by atoms with Crippen LogP contribution in [0.1, 0.15) is 37.6 Å². The molecule has 2 rings (SSSR count). The van der Waals surface area contributed by atoms with Gasteiger partial charge in [0.25, 0.3) is 5.91 Å². The first-order valence-corrected chi connectivity index (χ1v) is 7.04. The highest BCUT2D eigenvalue weighted by atomic mass is 16.1. The second-order valence-electron chi connectivity index (χ2n) is 6.06. The second-order valence-corrected chi connectivity index (χ2v) is 6.06. The van der Waals surface area contributed by atoms with Gasteiger partial charge in [0.1, 0.15) is 0 Å². The molecule has 0 fully saturated rings. The van der Waals surface area contributed by atoms with Gasteiger partial charge in [-0.2, -0.15) is 0 Å². The zero-order chi connectivity index (χ0) is 14.8. The van der Waals surface area contributed by atoms with Crippen LogP contribution in [0.5, 0.6) is 0 Å². The Bertz CT molecular complexity index is 603. The average Bonchev–Trinajstić information content (AvgIpc) is 2.81. The molecule has 1 amide bonds. The Morgan fingerprint density at radius 1 is 1.40 bits per heavy atom. The first-order valence-electron chi connectivity index (χ1n) is 7.04. The van der Waals surface area contributed by atoms with E-state index in [9.17, 15) is 4.79 Å². The molecule has 0 aliphatic rings. The topological polar surface area (TPSA) is 70.9 Å². The van der Waals surface area contributed by atoms with Crippen LogP contribution in [-0.4, -0.2) is 23.0 Å². The van der Waals surface area contributed by atoms with Crippen LogP contribution in [0, 0.1) is 5.92 Å². The zero-order valence-corrected chi connectivity index (χ0v) is 12.4. The van der Waals surface area contributed by atoms with E-state index >= 15 is 0 Å². The van der Waals surface area contributed by atoms with Gasteiger partial charge in [0.2, 0.25) is 0 Å². The molecule has 1 heterocycles. The van der Waals surface area contributed by atoms with Gasteiger partial charge >= 0.3 is 0 Å². The van der Waals surface area contributed by atoms with Crippen LogP contribution in [0.2, 0.25) is 0 Å². The summed E-state index contributed by atoms with van der Waals surface area (Å²) in [6.07, 6.45) is 2.61. The molecule has 1 aromatic heterocycles. The number of benzene rings is 1. The van der Waals surface area contributed by atoms with Crippen LogP contribution in [0.25, 0.3) is 10.9 Å². The number of aromatic amines is 1. The molecule has 4 heteroatoms. The molecule has 2 aromatic rings. The van der Waals surface area contributed by atoms with E-state index in [1.54, 1.807) is 6.20 Å². The molecular weight excluding hydrogens is 250 g/mol. The van der Waals surface area contributed by atoms with Gasteiger partial charge in [-0.25, -0.2) is 0 Å². The summed E-state index contributed by atoms with van der Waals surface area (Å²) in [4.78, 5) is 15.6. The lowest BCUT2D eigenvalue weighted by Gasteiger charge is -2.31. The first kappa shape index (κ1) is 14.6. The van der Waals surface area contributed by atoms with E-state index in [-0.39, 0.29) is 11.4 Å². The zero-order valence-electron chi connectivity index (χ0n) is 12.4. The average molecular weight is 273 g/mol. The number of hydrogen-bond acceptors (Lipinski definition) is 2. The van der Waals surface area contributed by atoms with Crippen molar-refractivity contribution in [2.45, 2.75) is 32.7 Å². The fraction of sp³-hybridized carbons (Fsp3) is 0.438. The minimum atomic E-state index is -0.371. The number of aromatic nitrogens is 1. The fourth-order valence-electron chi connectivity index (χ4n) is 2.69. The highest BCUT2D eigenvalue weighted by molar-refractivity contribution is 6.06. The van der Waals surface area contributed by atoms with Gasteiger partial charge in [-0.3, -0.25) is 4.79 Å². The lowest BCUT2D eigenvalue weighted by Crippen LogP contribution is -2.52. The van der Waals surface area contributed by atoms with Crippen LogP contribution >= 0.6 is 0 Å². The van der Waals surface area contributed by atoms with Crippen molar-refractivity contribution in [1.29, 1.82) is 0 Å². The van der Waals surface area contributed by atoms with Crippen LogP contribution in [0.15, 0.2) is 30.5 Å². The van der Waals surface area contributed by atoms with Gasteiger partial charge in [0.15, 0.2) is 0 Å². The van der Waals surface area contributed by atoms with E-state index in [1.807, 2.05) is 31.2 Å². The summed E-state index contributed by atoms with van der Waals surface area (Å²) in [5.74, 6) is 0.405. The van der Waals surface area contributed by atoms with E-state index < -0.39 is 0 Å². The van der Waals surface area contributed by atoms with Crippen LogP contribution in [0.3, 0.4) is 0 Å². The van der Waals surface area contributed by atoms with E-state index in [1.165, 1.54) is 0 Å². The molecule has 0 saturated heterocycles. The summed E-state index contributed by atoms with van der Waals surface area (Å²) in [6, 6.07) is 7.79. The Hall–Kier alpha value is -1.81. The van der Waals surface area contributed by atoms with Gasteiger partial charge in [-0.15, -0.1) is 0 Å². The summed E-state index contributed by atoms with van der Waals surface area (Å²) >= 11 is 0. The number of para-hydroxylation sites is 1. The van der Waals surface area contributed by atoms with Crippen molar-refractivity contribution >= 4 is 16.8 Å². The monoisotopic (exact) mass is 273 g/mol. The number of carbonyl (C=O) groups excluding carboxylic acids is 1. The minimum absolute atomic E-state index is 0.0731. The van der Waals surface area contributed by atoms with Crippen molar-refractivity contribution < 1.29 is 4.79 Å². The SMILES string of the molecule is CC(C)CC(C)(CN)NC(=O)c1c[nH]c2ccccc12. The Morgan fingerprint density at radius 2 is 2.10 bits per heavy atom. The Labute approximate surface area is 119 Å². The van der Waals surface area contributed by atoms with Gasteiger partial charge in [-0.1, -0.05) is 32.0 Å². The van der Waals surface area contributed by atoms with Crippen molar-refractivity contribution in [3.05, 3.63) is 36.0 Å². The maximum absolute atomic E-state index is 12.5. The summed E-state index contributed by atoms with van der Waals surface area (Å²) in [7, 11) is 0. The molecule has 4 nitrogen and oxygen atoms in total. The molecule has 1 aromatic carbocycles. The largest absolute Gasteiger partial charge is 0.360 e. The van der Waals surface area contributed by atoms with E-state index in [4.69, 9.17) is 5.73 Å². The van der Waals surface area contributed by atoms with E-state index in [0.717, 1.165) is 17.3 Å². The number of nitrogens with two attached hydrogens (primary N) is 1. The molecular formula is C16H23N3O. The van der Waals surface area contributed by atoms with Crippen LogP contribution in [0.4, 0.5) is 0 Å². The Morgan fingerprint density at radius 3 is 2.75 bits per heavy atom. The predicted octanol–water partition coefficient (Wildman–Crippen LogP) is 2.66. The van der Waals surface area contributed by atoms with E-state index in [2.05, 4.69) is 24.1 Å². The maximum atomic E-state index is 12.5. The third-order valence-corrected chi connectivity index (χ3v) is 3.56. The third kappa shape index (κ3) is 3.02. The maximum Gasteiger partial charge on any atom is 0.253 e. The minimum Gasteiger partial charge on any atom is -0.360 e. The molecule has 0 radical (unpaired) electrons. The number of amides is 1. The number of hydrogen-bond donors (Lipinski definition) is 3. The van der Waals surface area contributed by atoms with Gasteiger partial charge in [-0.05, 0) is 25.3 Å². The summed E-state index contributed by atoms with van der Waals surface area (Å²) in [5.41, 5.74) is 7.11. The molecule has 4 N–H and O–H groups in total. The lowest BCUT2D eigenvalue weighted by molar-refractivity contribution is 0.0900. The van der Waals surface area contributed by atoms with Crippen molar-refractivity contribution in [1.82, 2.24) is 10.3 Å². The van der Waals surface area contributed by atoms with E-state index in [0.29, 0.717) is 18.0 Å². The molecule has 0 saturated carbocycles. The molecule has 0 aliphatic carbocycles. The number of fused-ring (bicyclic) bond motifs is 1. The molecule has 1 atom stereocenters. The summed E-state index contributed by atoms with van der Waals surface area (Å²) in [6.45, 7) is 6.69. The van der Waals surface area contributed by atoms with Gasteiger partial charge in [0.05, 0.1) is 5.56 Å². The smallest absolute Gasteiger partial charge is 0.253 e. The summed E-state index contributed by atoms with van der Waals surface area (Å²) < 4.78 is 0. The first-order chi connectivity index (χ1) is 9.45. The lowest BCUT2D eigenvalue weighted by atomic mass is 9.90. The van der Waals surface area contributed by atoms with Gasteiger partial charge in [0, 0.05) is 29.2 Å². The molecule has 0 spiro atoms. The van der Waals surface area contributed by atoms with Crippen molar-refractivity contribution in [2.24, 2.45) is 11.7 Å². The molecule has 0 aliphatic heterocycles. The Kier molecular flexibility index (Phi) is 4.14. The second kappa shape index (κ2) is 5.67. The fourth-order valence-corrected chi connectivity index (χ4v) is 2.69. The van der Waals surface area contributed by atoms with Crippen LogP contribution in [-0.2, 0) is 0 Å². The third-order valence-electron chi connectivity index (χ3n) is 3.56. The predicted molar refractivity (Wildman–Crippen MR) is 82.7 cm³/mol. The molecule has 20 heavy (non-hydrogen) atoms. The quantitative estimate of drug-likeness (QED) is 0.783. The number of nitrogens with one attached hydrogen (secondary N) is 2. The van der Waals surface area contributed by atoms with Crippen LogP contribution < -0.4 is 11.1 Å². The summed E-state index contributed by atoms with van der Waals surface area (Å²) in [5, 5.41) is 4.02. The standard InChI is InChI=1S/C16H23N3O/c1-11(2)8-16(3,10-17)19-15(20)13-9-18-14-7-5-4-6-12(13)14/h4-7,9,11,18H,8,10,17H2,1-3H3,(H,19,20). The number of H-pyrrole nitrogens is 1. The van der Waals surface area contributed by atoms with Crippen molar-refractivity contribution in [3.63, 3.8) is 0 Å². The number of rotatable bonds is 5. The number of carbonyl (C=O) groups is 1. The highest BCUT2D eigenvalue weighted by Crippen LogP contribution is 2.20. The molecule has 1 unspecified atom stereocenters. The molecule has 108 valence electrons. The van der Waals surface area contributed by atoms with Gasteiger partial charge < -0.3 is 16.0 Å². The Balaban J connectivity index is 2.23. The van der Waals surface area contributed by atoms with Crippen molar-refractivity contribution in [2.75, 3.05) is 6.54 Å².